The molecular formula is C55H64ClN7O7. The molecule has 3 N–H and O–H groups in total. The van der Waals surface area contributed by atoms with E-state index in [1.54, 1.807) is 31.2 Å². The number of rotatable bonds is 13. The molecule has 4 atom stereocenters. The topological polar surface area (TPSA) is 181 Å². The number of carbonyl (C=O) groups excluding carboxylic acids is 4. The van der Waals surface area contributed by atoms with Crippen molar-refractivity contribution in [1.29, 1.82) is 5.26 Å². The molecule has 4 unspecified atom stereocenters. The van der Waals surface area contributed by atoms with Crippen LogP contribution >= 0.6 is 11.6 Å². The number of hydrogen-bond acceptors (Lipinski definition) is 10. The summed E-state index contributed by atoms with van der Waals surface area (Å²) < 4.78 is 11.9. The van der Waals surface area contributed by atoms with Crippen LogP contribution in [0.2, 0.25) is 5.02 Å². The van der Waals surface area contributed by atoms with Crippen LogP contribution in [0.1, 0.15) is 118 Å². The van der Waals surface area contributed by atoms with Crippen molar-refractivity contribution in [3.05, 3.63) is 118 Å². The first-order valence-electron chi connectivity index (χ1n) is 24.4. The van der Waals surface area contributed by atoms with Gasteiger partial charge < -0.3 is 34.8 Å². The van der Waals surface area contributed by atoms with Gasteiger partial charge in [0.05, 0.1) is 34.8 Å². The van der Waals surface area contributed by atoms with Gasteiger partial charge in [0.15, 0.2) is 0 Å². The molecule has 3 aliphatic heterocycles. The number of aliphatic hydroxyl groups excluding tert-OH is 1. The summed E-state index contributed by atoms with van der Waals surface area (Å²) in [6, 6.07) is 24.2. The maximum atomic E-state index is 14.0. The highest BCUT2D eigenvalue weighted by Gasteiger charge is 2.64. The maximum Gasteiger partial charge on any atom is 0.251 e. The van der Waals surface area contributed by atoms with Gasteiger partial charge in [-0.05, 0) is 80.7 Å². The predicted molar refractivity (Wildman–Crippen MR) is 264 cm³/mol. The third kappa shape index (κ3) is 10.6. The number of carbonyl (C=O) groups is 4. The van der Waals surface area contributed by atoms with Crippen LogP contribution < -0.4 is 15.4 Å². The monoisotopic (exact) mass is 969 g/mol. The standard InChI is InChI=1S/C55H64ClN7O7/c1-33(2)48(46-25-34(3)60-70-46)51(68)63-32-41(64)26-45(63)50(67)58-44(37-11-9-8-10-12-37)28-47(65)62-30-40(31-62)61-23-21-36(22-24-61)14-13-35-15-17-38(18-16-35)49(66)59-52-54(4,5)53(55(52,6)7)69-42-20-19-39(29-57)43(56)27-42/h8-12,15-20,25,27,33,36,40-41,44-45,48,52-53,64H,21-24,26,28,30-32H2,1-7H3,(H,58,67)(H,59,66). The molecular weight excluding hydrogens is 906 g/mol. The zero-order valence-corrected chi connectivity index (χ0v) is 41.8. The Bertz CT molecular complexity index is 2660. The maximum absolute atomic E-state index is 14.0. The van der Waals surface area contributed by atoms with Gasteiger partial charge in [-0.1, -0.05) is 100 Å². The number of aromatic nitrogens is 1. The summed E-state index contributed by atoms with van der Waals surface area (Å²) >= 11 is 6.26. The average molecular weight is 971 g/mol. The molecule has 70 heavy (non-hydrogen) atoms. The molecule has 0 bridgehead atoms. The lowest BCUT2D eigenvalue weighted by Crippen LogP contribution is -2.74. The fraction of sp³-hybridized carbons (Fsp3) is 0.491. The third-order valence-corrected chi connectivity index (χ3v) is 15.2. The summed E-state index contributed by atoms with van der Waals surface area (Å²) in [6.07, 6.45) is 0.923. The number of likely N-dealkylation sites (tertiary alicyclic amines) is 3. The van der Waals surface area contributed by atoms with Gasteiger partial charge >= 0.3 is 0 Å². The molecule has 1 aromatic heterocycles. The normalized spacial score (nSPS) is 22.9. The van der Waals surface area contributed by atoms with E-state index in [1.165, 1.54) is 4.90 Å². The number of aryl methyl sites for hydroxylation is 1. The summed E-state index contributed by atoms with van der Waals surface area (Å²) in [6.45, 7) is 16.9. The number of halogens is 1. The van der Waals surface area contributed by atoms with E-state index in [-0.39, 0.29) is 78.0 Å². The van der Waals surface area contributed by atoms with Crippen LogP contribution in [-0.4, -0.2) is 112 Å². The first-order chi connectivity index (χ1) is 33.3. The van der Waals surface area contributed by atoms with Crippen LogP contribution in [0.4, 0.5) is 0 Å². The molecule has 4 heterocycles. The van der Waals surface area contributed by atoms with Crippen LogP contribution in [0, 0.1) is 52.8 Å². The van der Waals surface area contributed by atoms with E-state index in [9.17, 15) is 29.5 Å². The Morgan fingerprint density at radius 2 is 1.64 bits per heavy atom. The highest BCUT2D eigenvalue weighted by molar-refractivity contribution is 6.31. The zero-order chi connectivity index (χ0) is 50.1. The Hall–Kier alpha value is -6.19. The zero-order valence-electron chi connectivity index (χ0n) is 41.1. The van der Waals surface area contributed by atoms with Gasteiger partial charge in [-0.25, -0.2) is 0 Å². The Balaban J connectivity index is 0.798. The molecule has 15 heteroatoms. The van der Waals surface area contributed by atoms with Crippen molar-refractivity contribution in [1.82, 2.24) is 30.5 Å². The lowest BCUT2D eigenvalue weighted by molar-refractivity contribution is -0.164. The van der Waals surface area contributed by atoms with Gasteiger partial charge in [0, 0.05) is 78.1 Å². The van der Waals surface area contributed by atoms with Gasteiger partial charge in [-0.3, -0.25) is 24.1 Å². The van der Waals surface area contributed by atoms with Crippen LogP contribution in [0.25, 0.3) is 0 Å². The number of aliphatic hydroxyl groups is 1. The second kappa shape index (κ2) is 20.6. The average Bonchev–Trinajstić information content (AvgIpc) is 3.93. The van der Waals surface area contributed by atoms with E-state index in [0.29, 0.717) is 46.4 Å². The highest BCUT2D eigenvalue weighted by Crippen LogP contribution is 2.55. The van der Waals surface area contributed by atoms with E-state index in [4.69, 9.17) is 20.9 Å². The lowest BCUT2D eigenvalue weighted by Gasteiger charge is -2.63. The number of β-amino-alcohol motifs (C(OH)–C–C–N with tert-alkyl or cyclic N) is 1. The minimum atomic E-state index is -0.909. The molecule has 4 aliphatic rings. The second-order valence-electron chi connectivity index (χ2n) is 21.1. The molecule has 3 aromatic carbocycles. The molecule has 3 saturated heterocycles. The summed E-state index contributed by atoms with van der Waals surface area (Å²) in [4.78, 5) is 61.1. The number of hydrogen-bond donors (Lipinski definition) is 3. The van der Waals surface area contributed by atoms with E-state index in [0.717, 1.165) is 37.1 Å². The molecule has 368 valence electrons. The Labute approximate surface area is 416 Å². The minimum absolute atomic E-state index is 0.0234. The van der Waals surface area contributed by atoms with Crippen molar-refractivity contribution in [2.24, 2.45) is 22.7 Å². The third-order valence-electron chi connectivity index (χ3n) is 14.9. The number of ether oxygens (including phenoxy) is 1. The number of nitrogens with one attached hydrogen (secondary N) is 2. The van der Waals surface area contributed by atoms with Crippen molar-refractivity contribution < 1.29 is 33.5 Å². The van der Waals surface area contributed by atoms with Crippen molar-refractivity contribution in [2.75, 3.05) is 32.7 Å². The van der Waals surface area contributed by atoms with Crippen molar-refractivity contribution >= 4 is 35.2 Å². The quantitative estimate of drug-likeness (QED) is 0.118. The van der Waals surface area contributed by atoms with Crippen molar-refractivity contribution in [3.63, 3.8) is 0 Å². The smallest absolute Gasteiger partial charge is 0.251 e. The molecule has 4 fully saturated rings. The molecule has 1 saturated carbocycles. The van der Waals surface area contributed by atoms with E-state index in [2.05, 4.69) is 66.3 Å². The summed E-state index contributed by atoms with van der Waals surface area (Å²) in [5.41, 5.74) is 2.47. The summed E-state index contributed by atoms with van der Waals surface area (Å²) in [7, 11) is 0. The Morgan fingerprint density at radius 3 is 2.26 bits per heavy atom. The molecule has 1 aliphatic carbocycles. The van der Waals surface area contributed by atoms with Crippen LogP contribution in [0.3, 0.4) is 0 Å². The second-order valence-corrected chi connectivity index (χ2v) is 21.5. The molecule has 0 radical (unpaired) electrons. The first kappa shape index (κ1) is 50.2. The highest BCUT2D eigenvalue weighted by atomic mass is 35.5. The van der Waals surface area contributed by atoms with E-state index in [1.807, 2.05) is 73.3 Å². The van der Waals surface area contributed by atoms with Gasteiger partial charge in [-0.15, -0.1) is 0 Å². The Kier molecular flexibility index (Phi) is 14.8. The van der Waals surface area contributed by atoms with Crippen LogP contribution in [0.15, 0.2) is 83.4 Å². The van der Waals surface area contributed by atoms with Crippen LogP contribution in [0.5, 0.6) is 5.75 Å². The van der Waals surface area contributed by atoms with Crippen molar-refractivity contribution in [3.8, 4) is 23.7 Å². The summed E-state index contributed by atoms with van der Waals surface area (Å²) in [5.74, 6) is 6.29. The fourth-order valence-corrected chi connectivity index (χ4v) is 11.5. The number of piperidine rings is 1. The first-order valence-corrected chi connectivity index (χ1v) is 24.8. The van der Waals surface area contributed by atoms with E-state index >= 15 is 0 Å². The molecule has 14 nitrogen and oxygen atoms in total. The number of amides is 4. The van der Waals surface area contributed by atoms with Gasteiger partial charge in [0.25, 0.3) is 5.91 Å². The lowest BCUT2D eigenvalue weighted by atomic mass is 9.49. The Morgan fingerprint density at radius 1 is 0.957 bits per heavy atom. The number of benzene rings is 3. The van der Waals surface area contributed by atoms with Gasteiger partial charge in [0.1, 0.15) is 35.6 Å². The minimum Gasteiger partial charge on any atom is -0.489 e. The van der Waals surface area contributed by atoms with Crippen molar-refractivity contribution in [2.45, 2.75) is 116 Å². The molecule has 4 amide bonds. The molecule has 8 rings (SSSR count). The van der Waals surface area contributed by atoms with Gasteiger partial charge in [-0.2, -0.15) is 5.26 Å². The predicted octanol–water partition coefficient (Wildman–Crippen LogP) is 7.04. The largest absolute Gasteiger partial charge is 0.489 e. The fourth-order valence-electron chi connectivity index (χ4n) is 11.3. The SMILES string of the molecule is Cc1cc(C(C(=O)N2CC(O)CC2C(=O)NC(CC(=O)N2CC(N3CCC(C#Cc4ccc(C(=O)NC5C(C)(C)C(Oc6ccc(C#N)c(Cl)c6)C5(C)C)cc4)CC3)C2)c2ccccc2)C(C)C)on1. The molecule has 4 aromatic rings. The van der Waals surface area contributed by atoms with E-state index < -0.39 is 30.0 Å². The number of nitriles is 1. The molecule has 0 spiro atoms. The van der Waals surface area contributed by atoms with Gasteiger partial charge in [0.2, 0.25) is 17.7 Å². The number of nitrogens with zero attached hydrogens (tertiary/aromatic N) is 5. The van der Waals surface area contributed by atoms with Crippen LogP contribution in [-0.2, 0) is 14.4 Å². The summed E-state index contributed by atoms with van der Waals surface area (Å²) in [5, 5.41) is 30.6.